The fraction of sp³-hybridized carbons (Fsp3) is 0.583. The summed E-state index contributed by atoms with van der Waals surface area (Å²) in [6, 6.07) is 18.2. The van der Waals surface area contributed by atoms with Crippen LogP contribution in [0.1, 0.15) is 90.2 Å². The first-order valence-corrected chi connectivity index (χ1v) is 16.1. The lowest BCUT2D eigenvalue weighted by Crippen LogP contribution is -2.73. The Hall–Kier alpha value is -3.19. The third-order valence-corrected chi connectivity index (χ3v) is 9.45. The molecular formula is C36H51N2O5+. The van der Waals surface area contributed by atoms with Crippen molar-refractivity contribution >= 4 is 17.8 Å². The Morgan fingerprint density at radius 3 is 2.44 bits per heavy atom. The van der Waals surface area contributed by atoms with Gasteiger partial charge in [-0.2, -0.15) is 0 Å². The van der Waals surface area contributed by atoms with Crippen molar-refractivity contribution in [2.75, 3.05) is 26.7 Å². The molecule has 4 rings (SSSR count). The van der Waals surface area contributed by atoms with Crippen LogP contribution in [0.3, 0.4) is 0 Å². The number of likely N-dealkylation sites (tertiary alicyclic amines) is 1. The first-order valence-electron chi connectivity index (χ1n) is 16.1. The first kappa shape index (κ1) is 32.7. The summed E-state index contributed by atoms with van der Waals surface area (Å²) in [7, 11) is 2.27. The molecule has 0 radical (unpaired) electrons. The van der Waals surface area contributed by atoms with Crippen molar-refractivity contribution in [3.63, 3.8) is 0 Å². The third-order valence-electron chi connectivity index (χ3n) is 9.45. The Morgan fingerprint density at radius 2 is 1.74 bits per heavy atom. The number of amides is 1. The van der Waals surface area contributed by atoms with Gasteiger partial charge in [0, 0.05) is 44.1 Å². The summed E-state index contributed by atoms with van der Waals surface area (Å²) in [6.45, 7) is 10.0. The van der Waals surface area contributed by atoms with Crippen molar-refractivity contribution in [3.8, 4) is 5.75 Å². The second-order valence-electron chi connectivity index (χ2n) is 13.7. The van der Waals surface area contributed by atoms with Crippen molar-refractivity contribution in [1.82, 2.24) is 5.32 Å². The van der Waals surface area contributed by atoms with E-state index in [9.17, 15) is 14.4 Å². The molecule has 234 valence electrons. The number of rotatable bonds is 12. The molecule has 1 N–H and O–H groups in total. The lowest BCUT2D eigenvalue weighted by Gasteiger charge is -2.61. The molecule has 0 aromatic heterocycles. The molecule has 2 fully saturated rings. The number of unbranched alkanes of at least 4 members (excludes halogenated alkanes) is 2. The standard InChI is InChI=1S/C36H50N2O5/c1-27(2)25-38(5)22-21-35(31-16-12-17-33(23-31)42-28(3)39)24-32(19-20-36(35,26-38)43-29(4)40)37-34(41)18-11-7-10-15-30-13-8-6-9-14-30/h6,8-9,12-14,16-17,23,27,32H,7,10-11,15,18-22,24-26H2,1-5H3/p+1/t32-,35-,36?,38+/m1/s1. The summed E-state index contributed by atoms with van der Waals surface area (Å²) in [6.07, 6.45) is 7.39. The number of fused-ring (bicyclic) bond motifs is 1. The largest absolute Gasteiger partial charge is 0.452 e. The van der Waals surface area contributed by atoms with Gasteiger partial charge in [0.15, 0.2) is 5.60 Å². The van der Waals surface area contributed by atoms with Crippen LogP contribution in [-0.2, 0) is 31.0 Å². The molecule has 0 bridgehead atoms. The average Bonchev–Trinajstić information content (AvgIpc) is 2.92. The number of carbonyl (C=O) groups excluding carboxylic acids is 3. The second-order valence-corrected chi connectivity index (χ2v) is 13.7. The lowest BCUT2D eigenvalue weighted by molar-refractivity contribution is -0.925. The Labute approximate surface area is 257 Å². The highest BCUT2D eigenvalue weighted by atomic mass is 16.6. The van der Waals surface area contributed by atoms with Crippen LogP contribution in [0, 0.1) is 5.92 Å². The quantitative estimate of drug-likeness (QED) is 0.139. The van der Waals surface area contributed by atoms with Crippen molar-refractivity contribution in [2.45, 2.75) is 103 Å². The summed E-state index contributed by atoms with van der Waals surface area (Å²) in [5.41, 5.74) is 1.09. The van der Waals surface area contributed by atoms with E-state index in [-0.39, 0.29) is 23.9 Å². The molecule has 7 heteroatoms. The summed E-state index contributed by atoms with van der Waals surface area (Å²) in [5.74, 6) is 0.426. The molecule has 2 aliphatic rings. The van der Waals surface area contributed by atoms with Gasteiger partial charge in [-0.15, -0.1) is 0 Å². The molecule has 1 unspecified atom stereocenters. The molecule has 1 aliphatic carbocycles. The number of aryl methyl sites for hydroxylation is 1. The fourth-order valence-corrected chi connectivity index (χ4v) is 7.97. The zero-order valence-corrected chi connectivity index (χ0v) is 26.8. The smallest absolute Gasteiger partial charge is 0.308 e. The Balaban J connectivity index is 1.54. The van der Waals surface area contributed by atoms with E-state index < -0.39 is 11.0 Å². The van der Waals surface area contributed by atoms with Crippen LogP contribution >= 0.6 is 0 Å². The van der Waals surface area contributed by atoms with E-state index in [1.807, 2.05) is 18.2 Å². The fourth-order valence-electron chi connectivity index (χ4n) is 7.97. The topological polar surface area (TPSA) is 81.7 Å². The number of ether oxygens (including phenoxy) is 2. The van der Waals surface area contributed by atoms with Gasteiger partial charge in [0.1, 0.15) is 12.3 Å². The van der Waals surface area contributed by atoms with Crippen LogP contribution in [0.2, 0.25) is 0 Å². The van der Waals surface area contributed by atoms with E-state index in [0.717, 1.165) is 61.7 Å². The highest BCUT2D eigenvalue weighted by Crippen LogP contribution is 2.55. The van der Waals surface area contributed by atoms with Gasteiger partial charge >= 0.3 is 11.9 Å². The third kappa shape index (κ3) is 8.26. The van der Waals surface area contributed by atoms with E-state index >= 15 is 0 Å². The maximum Gasteiger partial charge on any atom is 0.308 e. The van der Waals surface area contributed by atoms with Gasteiger partial charge in [-0.25, -0.2) is 0 Å². The number of nitrogens with one attached hydrogen (secondary N) is 1. The van der Waals surface area contributed by atoms with E-state index in [2.05, 4.69) is 56.5 Å². The van der Waals surface area contributed by atoms with Gasteiger partial charge in [0.25, 0.3) is 0 Å². The lowest BCUT2D eigenvalue weighted by atomic mass is 9.54. The Kier molecular flexibility index (Phi) is 10.7. The zero-order chi connectivity index (χ0) is 31.1. The minimum atomic E-state index is -0.728. The highest BCUT2D eigenvalue weighted by molar-refractivity contribution is 5.76. The van der Waals surface area contributed by atoms with Crippen LogP contribution in [0.25, 0.3) is 0 Å². The molecular weight excluding hydrogens is 540 g/mol. The normalized spacial score (nSPS) is 26.8. The maximum absolute atomic E-state index is 13.1. The molecule has 1 aliphatic heterocycles. The molecule has 1 heterocycles. The number of carbonyl (C=O) groups is 3. The number of nitrogens with zero attached hydrogens (tertiary/aromatic N) is 1. The van der Waals surface area contributed by atoms with Crippen molar-refractivity contribution < 1.29 is 28.3 Å². The molecule has 43 heavy (non-hydrogen) atoms. The van der Waals surface area contributed by atoms with Crippen molar-refractivity contribution in [3.05, 3.63) is 65.7 Å². The molecule has 2 aromatic carbocycles. The molecule has 2 aromatic rings. The van der Waals surface area contributed by atoms with Gasteiger partial charge in [-0.1, -0.05) is 62.7 Å². The molecule has 1 saturated heterocycles. The number of likely N-dealkylation sites (N-methyl/N-ethyl adjacent to an activating group) is 1. The van der Waals surface area contributed by atoms with Crippen LogP contribution in [-0.4, -0.2) is 60.7 Å². The monoisotopic (exact) mass is 591 g/mol. The first-order chi connectivity index (χ1) is 20.4. The Morgan fingerprint density at radius 1 is 0.977 bits per heavy atom. The molecule has 1 saturated carbocycles. The number of benzene rings is 2. The van der Waals surface area contributed by atoms with E-state index in [1.54, 1.807) is 6.07 Å². The van der Waals surface area contributed by atoms with Gasteiger partial charge in [-0.3, -0.25) is 14.4 Å². The number of quaternary nitrogens is 1. The Bertz CT molecular complexity index is 1260. The van der Waals surface area contributed by atoms with Crippen molar-refractivity contribution in [1.29, 1.82) is 0 Å². The van der Waals surface area contributed by atoms with E-state index in [0.29, 0.717) is 37.5 Å². The second kappa shape index (κ2) is 14.1. The van der Waals surface area contributed by atoms with Gasteiger partial charge in [0.05, 0.1) is 20.1 Å². The SMILES string of the molecule is CC(=O)Oc1cccc([C@]23CC[N@@+](C)(CC(C)C)CC2(OC(C)=O)CC[C@@H](NC(=O)CCCCCc2ccccc2)C3)c1. The zero-order valence-electron chi connectivity index (χ0n) is 26.8. The minimum Gasteiger partial charge on any atom is -0.452 e. The van der Waals surface area contributed by atoms with Crippen LogP contribution in [0.4, 0.5) is 0 Å². The summed E-state index contributed by atoms with van der Waals surface area (Å²) < 4.78 is 12.8. The maximum atomic E-state index is 13.1. The number of piperidine rings is 1. The van der Waals surface area contributed by atoms with Gasteiger partial charge < -0.3 is 19.3 Å². The highest BCUT2D eigenvalue weighted by Gasteiger charge is 2.64. The van der Waals surface area contributed by atoms with Gasteiger partial charge in [0.2, 0.25) is 5.91 Å². The molecule has 7 nitrogen and oxygen atoms in total. The van der Waals surface area contributed by atoms with Crippen LogP contribution in [0.15, 0.2) is 54.6 Å². The summed E-state index contributed by atoms with van der Waals surface area (Å²) in [4.78, 5) is 37.7. The summed E-state index contributed by atoms with van der Waals surface area (Å²) in [5, 5.41) is 3.36. The predicted octanol–water partition coefficient (Wildman–Crippen LogP) is 6.13. The molecule has 1 amide bonds. The number of esters is 2. The average molecular weight is 592 g/mol. The number of hydrogen-bond acceptors (Lipinski definition) is 5. The van der Waals surface area contributed by atoms with Gasteiger partial charge in [-0.05, 0) is 61.8 Å². The van der Waals surface area contributed by atoms with Crippen LogP contribution in [0.5, 0.6) is 5.75 Å². The number of hydrogen-bond donors (Lipinski definition) is 1. The predicted molar refractivity (Wildman–Crippen MR) is 169 cm³/mol. The van der Waals surface area contributed by atoms with Crippen molar-refractivity contribution in [2.24, 2.45) is 5.92 Å². The van der Waals surface area contributed by atoms with E-state index in [4.69, 9.17) is 9.47 Å². The minimum absolute atomic E-state index is 0.0279. The van der Waals surface area contributed by atoms with Crippen LogP contribution < -0.4 is 10.1 Å². The molecule has 4 atom stereocenters. The summed E-state index contributed by atoms with van der Waals surface area (Å²) >= 11 is 0. The van der Waals surface area contributed by atoms with E-state index in [1.165, 1.54) is 19.4 Å². The molecule has 0 spiro atoms.